The van der Waals surface area contributed by atoms with E-state index in [0.29, 0.717) is 13.1 Å². The molecule has 0 radical (unpaired) electrons. The number of rotatable bonds is 2. The van der Waals surface area contributed by atoms with Crippen LogP contribution in [0.15, 0.2) is 30.5 Å². The maximum atomic E-state index is 12.3. The molecule has 0 spiro atoms. The number of hydrogen-bond acceptors (Lipinski definition) is 3. The Morgan fingerprint density at radius 1 is 1.21 bits per heavy atom. The highest BCUT2D eigenvalue weighted by Gasteiger charge is 2.32. The molecule has 0 aliphatic carbocycles. The Hall–Kier alpha value is -2.02. The Morgan fingerprint density at radius 2 is 2.00 bits per heavy atom. The third-order valence-corrected chi connectivity index (χ3v) is 2.82. The van der Waals surface area contributed by atoms with E-state index in [2.05, 4.69) is 15.2 Å². The van der Waals surface area contributed by atoms with Crippen molar-refractivity contribution in [2.24, 2.45) is 0 Å². The second-order valence-corrected chi connectivity index (χ2v) is 4.16. The highest BCUT2D eigenvalue weighted by atomic mass is 19.4. The van der Waals surface area contributed by atoms with Gasteiger partial charge in [-0.1, -0.05) is 12.1 Å². The number of aromatic nitrogens is 2. The van der Waals surface area contributed by atoms with E-state index >= 15 is 0 Å². The third-order valence-electron chi connectivity index (χ3n) is 2.82. The molecule has 1 N–H and O–H groups in total. The van der Waals surface area contributed by atoms with Gasteiger partial charge in [-0.15, -0.1) is 13.2 Å². The van der Waals surface area contributed by atoms with Crippen LogP contribution in [0.5, 0.6) is 5.75 Å². The lowest BCUT2D eigenvalue weighted by Crippen LogP contribution is -2.18. The summed E-state index contributed by atoms with van der Waals surface area (Å²) in [7, 11) is 0. The average Bonchev–Trinajstić information content (AvgIpc) is 2.87. The smallest absolute Gasteiger partial charge is 0.403 e. The van der Waals surface area contributed by atoms with Gasteiger partial charge in [0.15, 0.2) is 5.75 Å². The van der Waals surface area contributed by atoms with Crippen molar-refractivity contribution in [2.75, 3.05) is 0 Å². The molecule has 2 aromatic rings. The molecule has 0 unspecified atom stereocenters. The summed E-state index contributed by atoms with van der Waals surface area (Å²) in [5.74, 6) is -0.260. The highest BCUT2D eigenvalue weighted by molar-refractivity contribution is 5.47. The molecule has 7 heteroatoms. The SMILES string of the molecule is FC(F)(F)Oc1ccccc1-n1cc2c(n1)CNC2. The molecule has 3 rings (SSSR count). The summed E-state index contributed by atoms with van der Waals surface area (Å²) in [5.41, 5.74) is 2.11. The summed E-state index contributed by atoms with van der Waals surface area (Å²) >= 11 is 0. The second kappa shape index (κ2) is 4.27. The summed E-state index contributed by atoms with van der Waals surface area (Å²) in [5, 5.41) is 7.37. The lowest BCUT2D eigenvalue weighted by molar-refractivity contribution is -0.274. The van der Waals surface area contributed by atoms with Crippen LogP contribution in [0.3, 0.4) is 0 Å². The maximum absolute atomic E-state index is 12.3. The normalized spacial score (nSPS) is 14.5. The average molecular weight is 269 g/mol. The van der Waals surface area contributed by atoms with Gasteiger partial charge in [-0.2, -0.15) is 5.10 Å². The van der Waals surface area contributed by atoms with Crippen LogP contribution in [0.1, 0.15) is 11.3 Å². The molecule has 4 nitrogen and oxygen atoms in total. The van der Waals surface area contributed by atoms with Crippen molar-refractivity contribution in [1.82, 2.24) is 15.1 Å². The molecule has 0 bridgehead atoms. The first-order valence-corrected chi connectivity index (χ1v) is 5.66. The van der Waals surface area contributed by atoms with Gasteiger partial charge in [0.2, 0.25) is 0 Å². The van der Waals surface area contributed by atoms with Crippen LogP contribution in [-0.4, -0.2) is 16.1 Å². The van der Waals surface area contributed by atoms with Gasteiger partial charge < -0.3 is 10.1 Å². The number of ether oxygens (including phenoxy) is 1. The maximum Gasteiger partial charge on any atom is 0.573 e. The van der Waals surface area contributed by atoms with Gasteiger partial charge in [0.1, 0.15) is 5.69 Å². The molecule has 1 aliphatic heterocycles. The number of nitrogens with zero attached hydrogens (tertiary/aromatic N) is 2. The van der Waals surface area contributed by atoms with Crippen LogP contribution in [0.2, 0.25) is 0 Å². The van der Waals surface area contributed by atoms with Gasteiger partial charge in [0.25, 0.3) is 0 Å². The van der Waals surface area contributed by atoms with E-state index in [9.17, 15) is 13.2 Å². The molecule has 0 atom stereocenters. The molecule has 0 amide bonds. The lowest BCUT2D eigenvalue weighted by atomic mass is 10.3. The molecule has 1 aliphatic rings. The van der Waals surface area contributed by atoms with Gasteiger partial charge in [0.05, 0.1) is 5.69 Å². The number of nitrogens with one attached hydrogen (secondary N) is 1. The number of hydrogen-bond donors (Lipinski definition) is 1. The topological polar surface area (TPSA) is 39.1 Å². The number of benzene rings is 1. The quantitative estimate of drug-likeness (QED) is 0.909. The Kier molecular flexibility index (Phi) is 2.70. The number of para-hydroxylation sites is 2. The van der Waals surface area contributed by atoms with Gasteiger partial charge in [-0.05, 0) is 12.1 Å². The Labute approximate surface area is 106 Å². The van der Waals surface area contributed by atoms with Gasteiger partial charge in [0, 0.05) is 24.8 Å². The zero-order valence-electron chi connectivity index (χ0n) is 9.74. The molecule has 1 aromatic heterocycles. The second-order valence-electron chi connectivity index (χ2n) is 4.16. The Balaban J connectivity index is 1.99. The number of alkyl halides is 3. The molecule has 0 fully saturated rings. The third kappa shape index (κ3) is 2.41. The molecule has 0 saturated carbocycles. The van der Waals surface area contributed by atoms with Crippen LogP contribution < -0.4 is 10.1 Å². The molecule has 19 heavy (non-hydrogen) atoms. The summed E-state index contributed by atoms with van der Waals surface area (Å²) in [6.07, 6.45) is -3.00. The fourth-order valence-corrected chi connectivity index (χ4v) is 2.04. The predicted octanol–water partition coefficient (Wildman–Crippen LogP) is 2.37. The molecular weight excluding hydrogens is 259 g/mol. The highest BCUT2D eigenvalue weighted by Crippen LogP contribution is 2.29. The van der Waals surface area contributed by atoms with Crippen molar-refractivity contribution in [1.29, 1.82) is 0 Å². The van der Waals surface area contributed by atoms with Crippen molar-refractivity contribution in [3.63, 3.8) is 0 Å². The van der Waals surface area contributed by atoms with Crippen LogP contribution >= 0.6 is 0 Å². The summed E-state index contributed by atoms with van der Waals surface area (Å²) < 4.78 is 42.4. The molecule has 1 aromatic carbocycles. The lowest BCUT2D eigenvalue weighted by Gasteiger charge is -2.13. The summed E-state index contributed by atoms with van der Waals surface area (Å²) in [6, 6.07) is 5.94. The predicted molar refractivity (Wildman–Crippen MR) is 60.8 cm³/mol. The molecule has 2 heterocycles. The number of fused-ring (bicyclic) bond motifs is 1. The fourth-order valence-electron chi connectivity index (χ4n) is 2.04. The van der Waals surface area contributed by atoms with Gasteiger partial charge >= 0.3 is 6.36 Å². The fraction of sp³-hybridized carbons (Fsp3) is 0.250. The van der Waals surface area contributed by atoms with Crippen LogP contribution in [0.25, 0.3) is 5.69 Å². The van der Waals surface area contributed by atoms with Crippen LogP contribution in [0.4, 0.5) is 13.2 Å². The van der Waals surface area contributed by atoms with E-state index in [4.69, 9.17) is 0 Å². The van der Waals surface area contributed by atoms with Crippen LogP contribution in [0, 0.1) is 0 Å². The minimum Gasteiger partial charge on any atom is -0.403 e. The van der Waals surface area contributed by atoms with Crippen molar-refractivity contribution >= 4 is 0 Å². The summed E-state index contributed by atoms with van der Waals surface area (Å²) in [4.78, 5) is 0. The van der Waals surface area contributed by atoms with E-state index in [1.54, 1.807) is 12.3 Å². The Bertz CT molecular complexity index is 585. The first kappa shape index (κ1) is 12.0. The van der Waals surface area contributed by atoms with Gasteiger partial charge in [-0.3, -0.25) is 0 Å². The first-order valence-electron chi connectivity index (χ1n) is 5.66. The standard InChI is InChI=1S/C12H10F3N3O/c13-12(14,15)19-11-4-2-1-3-10(11)18-7-8-5-16-6-9(8)17-18/h1-4,7,16H,5-6H2. The molecule has 0 saturated heterocycles. The van der Waals surface area contributed by atoms with Crippen molar-refractivity contribution in [2.45, 2.75) is 19.5 Å². The zero-order valence-corrected chi connectivity index (χ0v) is 9.74. The minimum absolute atomic E-state index is 0.260. The van der Waals surface area contributed by atoms with Gasteiger partial charge in [-0.25, -0.2) is 4.68 Å². The van der Waals surface area contributed by atoms with E-state index in [-0.39, 0.29) is 11.4 Å². The number of halogens is 3. The van der Waals surface area contributed by atoms with Crippen molar-refractivity contribution in [3.05, 3.63) is 41.7 Å². The van der Waals surface area contributed by atoms with E-state index in [1.807, 2.05) is 0 Å². The van der Waals surface area contributed by atoms with Crippen molar-refractivity contribution < 1.29 is 17.9 Å². The molecular formula is C12H10F3N3O. The van der Waals surface area contributed by atoms with Crippen LogP contribution in [-0.2, 0) is 13.1 Å². The zero-order chi connectivity index (χ0) is 13.5. The van der Waals surface area contributed by atoms with E-state index in [1.165, 1.54) is 22.9 Å². The van der Waals surface area contributed by atoms with Crippen molar-refractivity contribution in [3.8, 4) is 11.4 Å². The minimum atomic E-state index is -4.71. The van der Waals surface area contributed by atoms with E-state index < -0.39 is 6.36 Å². The monoisotopic (exact) mass is 269 g/mol. The summed E-state index contributed by atoms with van der Waals surface area (Å²) in [6.45, 7) is 1.31. The Morgan fingerprint density at radius 3 is 2.74 bits per heavy atom. The molecule has 100 valence electrons. The van der Waals surface area contributed by atoms with E-state index in [0.717, 1.165) is 11.3 Å². The first-order chi connectivity index (χ1) is 9.03. The largest absolute Gasteiger partial charge is 0.573 e.